The molecule has 3 N–H and O–H groups in total. The first kappa shape index (κ1) is 20.2. The van der Waals surface area contributed by atoms with Gasteiger partial charge in [-0.25, -0.2) is 4.79 Å². The largest absolute Gasteiger partial charge is 0.489 e. The number of carbonyl (C=O) groups is 2. The summed E-state index contributed by atoms with van der Waals surface area (Å²) in [6, 6.07) is 12.5. The maximum Gasteiger partial charge on any atom is 0.319 e. The lowest BCUT2D eigenvalue weighted by atomic mass is 10.1. The Labute approximate surface area is 176 Å². The summed E-state index contributed by atoms with van der Waals surface area (Å²) in [4.78, 5) is 24.8. The van der Waals surface area contributed by atoms with E-state index in [0.717, 1.165) is 37.9 Å². The van der Waals surface area contributed by atoms with Crippen molar-refractivity contribution in [2.24, 2.45) is 0 Å². The molecule has 1 aliphatic heterocycles. The minimum atomic E-state index is -0.271. The van der Waals surface area contributed by atoms with Gasteiger partial charge >= 0.3 is 6.03 Å². The number of benzene rings is 2. The van der Waals surface area contributed by atoms with Crippen LogP contribution in [0.5, 0.6) is 5.75 Å². The molecule has 1 heterocycles. The molecular formula is C23H27N3O4. The molecule has 7 nitrogen and oxygen atoms in total. The molecule has 2 aromatic carbocycles. The number of rotatable bonds is 7. The maximum absolute atomic E-state index is 12.8. The summed E-state index contributed by atoms with van der Waals surface area (Å²) in [6.45, 7) is 3.21. The van der Waals surface area contributed by atoms with Gasteiger partial charge in [0.2, 0.25) is 0 Å². The first-order valence-electron chi connectivity index (χ1n) is 10.4. The Morgan fingerprint density at radius 1 is 1.10 bits per heavy atom. The predicted molar refractivity (Wildman–Crippen MR) is 115 cm³/mol. The number of anilines is 2. The minimum absolute atomic E-state index is 0.0959. The van der Waals surface area contributed by atoms with Gasteiger partial charge in [-0.1, -0.05) is 12.1 Å². The average Bonchev–Trinajstić information content (AvgIpc) is 3.38. The molecule has 1 saturated heterocycles. The van der Waals surface area contributed by atoms with E-state index in [1.54, 1.807) is 24.3 Å². The van der Waals surface area contributed by atoms with E-state index < -0.39 is 0 Å². The summed E-state index contributed by atoms with van der Waals surface area (Å²) in [5.74, 6) is 0.351. The number of amides is 3. The van der Waals surface area contributed by atoms with E-state index in [1.807, 2.05) is 25.1 Å². The monoisotopic (exact) mass is 409 g/mol. The molecule has 1 saturated carbocycles. The molecule has 2 aromatic rings. The Bertz CT molecular complexity index is 920. The van der Waals surface area contributed by atoms with Crippen LogP contribution in [0.2, 0.25) is 0 Å². The third kappa shape index (κ3) is 5.51. The van der Waals surface area contributed by atoms with E-state index in [2.05, 4.69) is 16.0 Å². The average molecular weight is 409 g/mol. The third-order valence-corrected chi connectivity index (χ3v) is 5.13. The van der Waals surface area contributed by atoms with E-state index in [-0.39, 0.29) is 24.1 Å². The first-order chi connectivity index (χ1) is 14.6. The van der Waals surface area contributed by atoms with Gasteiger partial charge in [-0.05, 0) is 68.5 Å². The van der Waals surface area contributed by atoms with Crippen LogP contribution in [0.25, 0.3) is 0 Å². The van der Waals surface area contributed by atoms with Crippen molar-refractivity contribution in [2.75, 3.05) is 23.8 Å². The van der Waals surface area contributed by atoms with Gasteiger partial charge in [0, 0.05) is 23.9 Å². The second-order valence-electron chi connectivity index (χ2n) is 7.85. The van der Waals surface area contributed by atoms with Crippen LogP contribution < -0.4 is 20.7 Å². The number of aryl methyl sites for hydroxylation is 1. The van der Waals surface area contributed by atoms with Gasteiger partial charge < -0.3 is 25.4 Å². The fourth-order valence-electron chi connectivity index (χ4n) is 3.32. The molecule has 2 fully saturated rings. The minimum Gasteiger partial charge on any atom is -0.489 e. The van der Waals surface area contributed by atoms with Gasteiger partial charge in [0.15, 0.2) is 0 Å². The van der Waals surface area contributed by atoms with E-state index >= 15 is 0 Å². The molecule has 1 aliphatic carbocycles. The zero-order valence-corrected chi connectivity index (χ0v) is 17.1. The molecule has 0 bridgehead atoms. The standard InChI is InChI=1S/C23H27N3O4/c1-15-7-10-20(21(12-15)30-14-19-6-3-11-29-19)26-22(27)16-4-2-5-18(13-16)25-23(28)24-17-8-9-17/h2,4-5,7,10,12-13,17,19H,3,6,8-9,11,14H2,1H3,(H,26,27)(H2,24,25,28). The Morgan fingerprint density at radius 2 is 1.97 bits per heavy atom. The number of nitrogens with one attached hydrogen (secondary N) is 3. The molecular weight excluding hydrogens is 382 g/mol. The van der Waals surface area contributed by atoms with Crippen molar-refractivity contribution >= 4 is 23.3 Å². The number of hydrogen-bond acceptors (Lipinski definition) is 4. The zero-order valence-electron chi connectivity index (χ0n) is 17.1. The highest BCUT2D eigenvalue weighted by atomic mass is 16.5. The lowest BCUT2D eigenvalue weighted by molar-refractivity contribution is 0.0681. The SMILES string of the molecule is Cc1ccc(NC(=O)c2cccc(NC(=O)NC3CC3)c2)c(OCC2CCCO2)c1. The van der Waals surface area contributed by atoms with Gasteiger partial charge in [-0.2, -0.15) is 0 Å². The van der Waals surface area contributed by atoms with Crippen LogP contribution in [-0.4, -0.2) is 37.3 Å². The predicted octanol–water partition coefficient (Wildman–Crippen LogP) is 4.09. The van der Waals surface area contributed by atoms with Crippen LogP contribution in [0.15, 0.2) is 42.5 Å². The quantitative estimate of drug-likeness (QED) is 0.643. The Hall–Kier alpha value is -3.06. The molecule has 0 spiro atoms. The van der Waals surface area contributed by atoms with Gasteiger partial charge in [0.05, 0.1) is 11.8 Å². The topological polar surface area (TPSA) is 88.7 Å². The van der Waals surface area contributed by atoms with E-state index in [0.29, 0.717) is 29.3 Å². The van der Waals surface area contributed by atoms with Gasteiger partial charge in [0.25, 0.3) is 5.91 Å². The highest BCUT2D eigenvalue weighted by Gasteiger charge is 2.23. The van der Waals surface area contributed by atoms with Crippen LogP contribution in [0.1, 0.15) is 41.6 Å². The second kappa shape index (κ2) is 9.17. The van der Waals surface area contributed by atoms with Gasteiger partial charge in [0.1, 0.15) is 12.4 Å². The summed E-state index contributed by atoms with van der Waals surface area (Å²) in [7, 11) is 0. The highest BCUT2D eigenvalue weighted by molar-refractivity contribution is 6.06. The van der Waals surface area contributed by atoms with Crippen molar-refractivity contribution in [1.29, 1.82) is 0 Å². The molecule has 1 atom stereocenters. The number of urea groups is 1. The van der Waals surface area contributed by atoms with E-state index in [4.69, 9.17) is 9.47 Å². The lowest BCUT2D eigenvalue weighted by Gasteiger charge is -2.16. The van der Waals surface area contributed by atoms with Crippen LogP contribution in [0, 0.1) is 6.92 Å². The number of ether oxygens (including phenoxy) is 2. The van der Waals surface area contributed by atoms with Gasteiger partial charge in [-0.15, -0.1) is 0 Å². The Kier molecular flexibility index (Phi) is 6.18. The van der Waals surface area contributed by atoms with Crippen molar-refractivity contribution in [3.05, 3.63) is 53.6 Å². The van der Waals surface area contributed by atoms with Crippen molar-refractivity contribution < 1.29 is 19.1 Å². The van der Waals surface area contributed by atoms with Crippen molar-refractivity contribution in [1.82, 2.24) is 5.32 Å². The Morgan fingerprint density at radius 3 is 2.73 bits per heavy atom. The molecule has 1 unspecified atom stereocenters. The summed E-state index contributed by atoms with van der Waals surface area (Å²) in [5.41, 5.74) is 2.67. The van der Waals surface area contributed by atoms with Crippen LogP contribution in [0.3, 0.4) is 0 Å². The molecule has 30 heavy (non-hydrogen) atoms. The molecule has 3 amide bonds. The summed E-state index contributed by atoms with van der Waals surface area (Å²) in [5, 5.41) is 8.56. The fourth-order valence-corrected chi connectivity index (χ4v) is 3.32. The molecule has 0 radical (unpaired) electrons. The zero-order chi connectivity index (χ0) is 20.9. The molecule has 0 aromatic heterocycles. The van der Waals surface area contributed by atoms with Crippen molar-refractivity contribution in [3.63, 3.8) is 0 Å². The smallest absolute Gasteiger partial charge is 0.319 e. The van der Waals surface area contributed by atoms with Crippen molar-refractivity contribution in [3.8, 4) is 5.75 Å². The lowest BCUT2D eigenvalue weighted by Crippen LogP contribution is -2.30. The maximum atomic E-state index is 12.8. The number of hydrogen-bond donors (Lipinski definition) is 3. The van der Waals surface area contributed by atoms with Crippen LogP contribution in [-0.2, 0) is 4.74 Å². The van der Waals surface area contributed by atoms with Crippen LogP contribution >= 0.6 is 0 Å². The van der Waals surface area contributed by atoms with Crippen molar-refractivity contribution in [2.45, 2.75) is 44.8 Å². The first-order valence-corrected chi connectivity index (χ1v) is 10.4. The summed E-state index contributed by atoms with van der Waals surface area (Å²) >= 11 is 0. The molecule has 2 aliphatic rings. The molecule has 4 rings (SSSR count). The number of carbonyl (C=O) groups excluding carboxylic acids is 2. The third-order valence-electron chi connectivity index (χ3n) is 5.13. The van der Waals surface area contributed by atoms with Gasteiger partial charge in [-0.3, -0.25) is 4.79 Å². The van der Waals surface area contributed by atoms with E-state index in [1.165, 1.54) is 0 Å². The molecule has 7 heteroatoms. The molecule has 158 valence electrons. The van der Waals surface area contributed by atoms with E-state index in [9.17, 15) is 9.59 Å². The normalized spacial score (nSPS) is 18.0. The Balaban J connectivity index is 1.41. The highest BCUT2D eigenvalue weighted by Crippen LogP contribution is 2.28. The summed E-state index contributed by atoms with van der Waals surface area (Å²) in [6.07, 6.45) is 4.17. The second-order valence-corrected chi connectivity index (χ2v) is 7.85. The fraction of sp³-hybridized carbons (Fsp3) is 0.391. The van der Waals surface area contributed by atoms with Crippen LogP contribution in [0.4, 0.5) is 16.2 Å². The summed E-state index contributed by atoms with van der Waals surface area (Å²) < 4.78 is 11.6.